The van der Waals surface area contributed by atoms with E-state index in [4.69, 9.17) is 14.2 Å². The molecule has 21 heavy (non-hydrogen) atoms. The molecule has 5 heteroatoms. The number of hydrogen-bond acceptors (Lipinski definition) is 5. The molecule has 1 fully saturated rings. The van der Waals surface area contributed by atoms with Crippen LogP contribution in [0.3, 0.4) is 0 Å². The minimum Gasteiger partial charge on any atom is -0.469 e. The van der Waals surface area contributed by atoms with Crippen LogP contribution in [0.1, 0.15) is 52.4 Å². The molecule has 0 saturated heterocycles. The Balaban J connectivity index is 2.16. The van der Waals surface area contributed by atoms with Gasteiger partial charge in [-0.25, -0.2) is 0 Å². The van der Waals surface area contributed by atoms with Crippen molar-refractivity contribution in [2.75, 3.05) is 26.9 Å². The van der Waals surface area contributed by atoms with Crippen LogP contribution in [-0.2, 0) is 19.0 Å². The Morgan fingerprint density at radius 2 is 1.76 bits per heavy atom. The minimum absolute atomic E-state index is 0.0912. The monoisotopic (exact) mass is 301 g/mol. The van der Waals surface area contributed by atoms with E-state index in [0.717, 1.165) is 25.8 Å². The van der Waals surface area contributed by atoms with Crippen LogP contribution in [0.25, 0.3) is 0 Å². The molecular formula is C16H31NO4. The minimum atomic E-state index is -0.142. The number of hydrogen-bond donors (Lipinski definition) is 1. The Morgan fingerprint density at radius 1 is 1.14 bits per heavy atom. The van der Waals surface area contributed by atoms with Crippen molar-refractivity contribution >= 4 is 5.97 Å². The van der Waals surface area contributed by atoms with Gasteiger partial charge in [0.15, 0.2) is 6.29 Å². The predicted molar refractivity (Wildman–Crippen MR) is 82.0 cm³/mol. The van der Waals surface area contributed by atoms with E-state index in [2.05, 4.69) is 5.32 Å². The van der Waals surface area contributed by atoms with E-state index in [0.29, 0.717) is 31.6 Å². The van der Waals surface area contributed by atoms with Gasteiger partial charge in [-0.2, -0.15) is 0 Å². The number of ether oxygens (including phenoxy) is 3. The van der Waals surface area contributed by atoms with Crippen LogP contribution in [0.15, 0.2) is 0 Å². The standard InChI is InChI=1S/C16H31NO4/c1-4-20-16(21-5-2)12-17-14-9-6-13(7-10-14)8-11-15(18)19-3/h13-14,16-17H,4-12H2,1-3H3. The molecule has 0 heterocycles. The fourth-order valence-electron chi connectivity index (χ4n) is 2.88. The molecule has 1 aliphatic rings. The van der Waals surface area contributed by atoms with Crippen molar-refractivity contribution in [2.45, 2.75) is 64.7 Å². The summed E-state index contributed by atoms with van der Waals surface area (Å²) < 4.78 is 15.8. The van der Waals surface area contributed by atoms with Crippen molar-refractivity contribution in [1.82, 2.24) is 5.32 Å². The fraction of sp³-hybridized carbons (Fsp3) is 0.938. The van der Waals surface area contributed by atoms with Gasteiger partial charge < -0.3 is 19.5 Å². The molecule has 0 aromatic rings. The molecule has 0 amide bonds. The normalized spacial score (nSPS) is 22.5. The summed E-state index contributed by atoms with van der Waals surface area (Å²) in [5.41, 5.74) is 0. The first-order chi connectivity index (χ1) is 10.2. The first-order valence-electron chi connectivity index (χ1n) is 8.22. The van der Waals surface area contributed by atoms with Gasteiger partial charge in [-0.1, -0.05) is 0 Å². The average molecular weight is 301 g/mol. The van der Waals surface area contributed by atoms with E-state index in [1.54, 1.807) is 0 Å². The molecule has 1 saturated carbocycles. The molecule has 0 atom stereocenters. The summed E-state index contributed by atoms with van der Waals surface area (Å²) in [7, 11) is 1.45. The maximum Gasteiger partial charge on any atom is 0.305 e. The highest BCUT2D eigenvalue weighted by Gasteiger charge is 2.22. The average Bonchev–Trinajstić information content (AvgIpc) is 2.51. The van der Waals surface area contributed by atoms with E-state index < -0.39 is 0 Å². The zero-order valence-corrected chi connectivity index (χ0v) is 13.7. The first kappa shape index (κ1) is 18.4. The van der Waals surface area contributed by atoms with Gasteiger partial charge in [0.1, 0.15) is 0 Å². The molecule has 1 N–H and O–H groups in total. The van der Waals surface area contributed by atoms with Crippen LogP contribution in [0.4, 0.5) is 0 Å². The quantitative estimate of drug-likeness (QED) is 0.496. The first-order valence-corrected chi connectivity index (χ1v) is 8.22. The third-order valence-electron chi connectivity index (χ3n) is 4.11. The number of carbonyl (C=O) groups is 1. The Morgan fingerprint density at radius 3 is 2.29 bits per heavy atom. The molecule has 0 radical (unpaired) electrons. The second-order valence-electron chi connectivity index (χ2n) is 5.58. The topological polar surface area (TPSA) is 56.8 Å². The SMILES string of the molecule is CCOC(CNC1CCC(CCC(=O)OC)CC1)OCC. The van der Waals surface area contributed by atoms with Crippen molar-refractivity contribution in [3.63, 3.8) is 0 Å². The molecule has 0 aliphatic heterocycles. The molecule has 124 valence electrons. The summed E-state index contributed by atoms with van der Waals surface area (Å²) in [6.45, 7) is 6.06. The van der Waals surface area contributed by atoms with Gasteiger partial charge in [-0.15, -0.1) is 0 Å². The second-order valence-corrected chi connectivity index (χ2v) is 5.58. The third kappa shape index (κ3) is 7.79. The van der Waals surface area contributed by atoms with Crippen molar-refractivity contribution in [2.24, 2.45) is 5.92 Å². The number of esters is 1. The van der Waals surface area contributed by atoms with Gasteiger partial charge in [0.05, 0.1) is 7.11 Å². The Labute approximate surface area is 128 Å². The van der Waals surface area contributed by atoms with Crippen LogP contribution in [-0.4, -0.2) is 45.2 Å². The number of nitrogens with one attached hydrogen (secondary N) is 1. The molecule has 1 rings (SSSR count). The van der Waals surface area contributed by atoms with E-state index in [9.17, 15) is 4.79 Å². The van der Waals surface area contributed by atoms with Gasteiger partial charge in [-0.05, 0) is 51.9 Å². The lowest BCUT2D eigenvalue weighted by Gasteiger charge is -2.30. The molecule has 0 aromatic carbocycles. The molecule has 0 spiro atoms. The fourth-order valence-corrected chi connectivity index (χ4v) is 2.88. The lowest BCUT2D eigenvalue weighted by atomic mass is 9.83. The third-order valence-corrected chi connectivity index (χ3v) is 4.11. The summed E-state index contributed by atoms with van der Waals surface area (Å²) in [5.74, 6) is 0.572. The predicted octanol–water partition coefficient (Wildman–Crippen LogP) is 2.49. The largest absolute Gasteiger partial charge is 0.469 e. The van der Waals surface area contributed by atoms with Crippen LogP contribution < -0.4 is 5.32 Å². The van der Waals surface area contributed by atoms with E-state index in [1.165, 1.54) is 20.0 Å². The Kier molecular flexibility index (Phi) is 9.63. The van der Waals surface area contributed by atoms with Crippen LogP contribution in [0.5, 0.6) is 0 Å². The number of rotatable bonds is 10. The second kappa shape index (κ2) is 11.0. The Bertz CT molecular complexity index is 271. The van der Waals surface area contributed by atoms with Crippen LogP contribution >= 0.6 is 0 Å². The van der Waals surface area contributed by atoms with Crippen LogP contribution in [0.2, 0.25) is 0 Å². The molecule has 0 bridgehead atoms. The van der Waals surface area contributed by atoms with E-state index >= 15 is 0 Å². The van der Waals surface area contributed by atoms with Gasteiger partial charge in [-0.3, -0.25) is 4.79 Å². The highest BCUT2D eigenvalue weighted by Crippen LogP contribution is 2.28. The van der Waals surface area contributed by atoms with Gasteiger partial charge in [0.2, 0.25) is 0 Å². The zero-order valence-electron chi connectivity index (χ0n) is 13.7. The summed E-state index contributed by atoms with van der Waals surface area (Å²) in [4.78, 5) is 11.2. The smallest absolute Gasteiger partial charge is 0.305 e. The highest BCUT2D eigenvalue weighted by atomic mass is 16.7. The van der Waals surface area contributed by atoms with E-state index in [1.807, 2.05) is 13.8 Å². The zero-order chi connectivity index (χ0) is 15.5. The molecule has 0 aromatic heterocycles. The maximum atomic E-state index is 11.2. The number of methoxy groups -OCH3 is 1. The van der Waals surface area contributed by atoms with Gasteiger partial charge in [0.25, 0.3) is 0 Å². The maximum absolute atomic E-state index is 11.2. The van der Waals surface area contributed by atoms with Gasteiger partial charge in [0, 0.05) is 32.2 Å². The van der Waals surface area contributed by atoms with Crippen LogP contribution in [0, 0.1) is 5.92 Å². The molecule has 1 aliphatic carbocycles. The van der Waals surface area contributed by atoms with E-state index in [-0.39, 0.29) is 12.3 Å². The van der Waals surface area contributed by atoms with Crippen molar-refractivity contribution in [3.8, 4) is 0 Å². The summed E-state index contributed by atoms with van der Waals surface area (Å²) in [6.07, 6.45) is 6.06. The number of carbonyl (C=O) groups excluding carboxylic acids is 1. The lowest BCUT2D eigenvalue weighted by Crippen LogP contribution is -2.40. The Hall–Kier alpha value is -0.650. The summed E-state index contributed by atoms with van der Waals surface area (Å²) in [5, 5.41) is 3.55. The highest BCUT2D eigenvalue weighted by molar-refractivity contribution is 5.69. The van der Waals surface area contributed by atoms with Crippen molar-refractivity contribution in [3.05, 3.63) is 0 Å². The summed E-state index contributed by atoms with van der Waals surface area (Å²) >= 11 is 0. The van der Waals surface area contributed by atoms with Gasteiger partial charge >= 0.3 is 5.97 Å². The lowest BCUT2D eigenvalue weighted by molar-refractivity contribution is -0.141. The molecule has 0 unspecified atom stereocenters. The molecular weight excluding hydrogens is 270 g/mol. The van der Waals surface area contributed by atoms with Crippen molar-refractivity contribution in [1.29, 1.82) is 0 Å². The molecule has 5 nitrogen and oxygen atoms in total. The summed E-state index contributed by atoms with van der Waals surface area (Å²) in [6, 6.07) is 0.544. The van der Waals surface area contributed by atoms with Crippen molar-refractivity contribution < 1.29 is 19.0 Å².